The standard InChI is InChI=1S/3C2H5I.4C2H6.9CH4/c3*1-2-3;4*1-2;;;;;;;;;/h3*2H2,1H3;4*1-2H3;9*1H4. The van der Waals surface area contributed by atoms with E-state index in [0.29, 0.717) is 0 Å². The summed E-state index contributed by atoms with van der Waals surface area (Å²) in [5.74, 6) is 0. The largest absolute Gasteiger partial charge is 0.0867 e. The highest BCUT2D eigenvalue weighted by molar-refractivity contribution is 14.1. The molecule has 188 valence electrons. The second-order valence-electron chi connectivity index (χ2n) is 0.802. The average molecular weight is 733 g/mol. The molecule has 0 saturated heterocycles. The first-order valence-electron chi connectivity index (χ1n) is 6.92. The minimum Gasteiger partial charge on any atom is -0.0867 e. The van der Waals surface area contributed by atoms with Gasteiger partial charge in [0.15, 0.2) is 0 Å². The Kier molecular flexibility index (Phi) is 3730. The van der Waals surface area contributed by atoms with Gasteiger partial charge < -0.3 is 0 Å². The highest BCUT2D eigenvalue weighted by Gasteiger charge is 1.38. The quantitative estimate of drug-likeness (QED) is 0.172. The van der Waals surface area contributed by atoms with Crippen molar-refractivity contribution in [2.24, 2.45) is 0 Å². The highest BCUT2D eigenvalue weighted by Crippen LogP contribution is 1.70. The van der Waals surface area contributed by atoms with Crippen LogP contribution in [0.25, 0.3) is 0 Å². The Bertz CT molecular complexity index is 18.2. The van der Waals surface area contributed by atoms with Gasteiger partial charge >= 0.3 is 0 Å². The lowest BCUT2D eigenvalue weighted by atomic mass is 11.0. The predicted octanol–water partition coefficient (Wildman–Crippen LogP) is 14.2. The van der Waals surface area contributed by atoms with Crippen LogP contribution < -0.4 is 0 Å². The van der Waals surface area contributed by atoms with Gasteiger partial charge in [0.05, 0.1) is 0 Å². The van der Waals surface area contributed by atoms with E-state index in [1.54, 1.807) is 0 Å². The van der Waals surface area contributed by atoms with Gasteiger partial charge in [0.25, 0.3) is 0 Å². The third-order valence-corrected chi connectivity index (χ3v) is 0. The molecule has 26 heavy (non-hydrogen) atoms. The first kappa shape index (κ1) is 140. The third-order valence-electron chi connectivity index (χ3n) is 0. The predicted molar refractivity (Wildman–Crippen MR) is 180 cm³/mol. The molecule has 0 aliphatic heterocycles. The molecule has 0 fully saturated rings. The van der Waals surface area contributed by atoms with Gasteiger partial charge in [0, 0.05) is 0 Å². The minimum absolute atomic E-state index is 0. The maximum absolute atomic E-state index is 2.29. The number of alkyl halides is 3. The van der Waals surface area contributed by atoms with Crippen LogP contribution in [-0.4, -0.2) is 13.3 Å². The van der Waals surface area contributed by atoms with E-state index in [-0.39, 0.29) is 66.8 Å². The first-order chi connectivity index (χ1) is 8.24. The smallest absolute Gasteiger partial charge is 0.00332 e. The summed E-state index contributed by atoms with van der Waals surface area (Å²) in [6.07, 6.45) is 0. The molecule has 0 heterocycles. The highest BCUT2D eigenvalue weighted by atomic mass is 127. The molecule has 0 aromatic heterocycles. The van der Waals surface area contributed by atoms with E-state index in [1.165, 1.54) is 13.3 Å². The molecule has 0 aromatic carbocycles. The van der Waals surface area contributed by atoms with Crippen LogP contribution in [0.4, 0.5) is 0 Å². The summed E-state index contributed by atoms with van der Waals surface area (Å²) in [5.41, 5.74) is 0. The molecule has 0 bridgehead atoms. The Morgan fingerprint density at radius 2 is 0.308 bits per heavy atom. The van der Waals surface area contributed by atoms with Crippen LogP contribution >= 0.6 is 67.8 Å². The van der Waals surface area contributed by atoms with Gasteiger partial charge in [-0.05, 0) is 13.3 Å². The van der Waals surface area contributed by atoms with Crippen molar-refractivity contribution < 1.29 is 0 Å². The van der Waals surface area contributed by atoms with Gasteiger partial charge in [-0.25, -0.2) is 0 Å². The van der Waals surface area contributed by atoms with Crippen LogP contribution in [0.5, 0.6) is 0 Å². The van der Waals surface area contributed by atoms with Crippen molar-refractivity contribution in [3.05, 3.63) is 0 Å². The van der Waals surface area contributed by atoms with Crippen molar-refractivity contribution in [2.75, 3.05) is 13.3 Å². The van der Waals surface area contributed by atoms with E-state index < -0.39 is 0 Å². The summed E-state index contributed by atoms with van der Waals surface area (Å²) in [5, 5.41) is 0. The van der Waals surface area contributed by atoms with Crippen LogP contribution in [0.3, 0.4) is 0 Å². The Balaban J connectivity index is -0.00000000305. The van der Waals surface area contributed by atoms with Crippen molar-refractivity contribution in [2.45, 2.75) is 143 Å². The van der Waals surface area contributed by atoms with Crippen LogP contribution in [0.2, 0.25) is 0 Å². The lowest BCUT2D eigenvalue weighted by molar-refractivity contribution is 1.50. The Hall–Kier alpha value is 2.19. The minimum atomic E-state index is 0. The van der Waals surface area contributed by atoms with Crippen LogP contribution in [0.1, 0.15) is 143 Å². The molecule has 0 N–H and O–H groups in total. The molecular weight excluding hydrogens is 657 g/mol. The fraction of sp³-hybridized carbons (Fsp3) is 1.00. The molecule has 0 nitrogen and oxygen atoms in total. The summed E-state index contributed by atoms with van der Waals surface area (Å²) < 4.78 is 3.66. The van der Waals surface area contributed by atoms with Crippen molar-refractivity contribution >= 4 is 67.8 Å². The molecule has 0 radical (unpaired) electrons. The molecule has 0 atom stereocenters. The fourth-order valence-corrected chi connectivity index (χ4v) is 0. The van der Waals surface area contributed by atoms with Crippen LogP contribution in [0, 0.1) is 0 Å². The zero-order chi connectivity index (χ0) is 16.1. The SMILES string of the molecule is C.C.C.C.C.C.C.C.C.CC.CC.CC.CC.CCI.CCI.CCI. The van der Waals surface area contributed by atoms with Gasteiger partial charge in [-0.15, -0.1) is 0 Å². The van der Waals surface area contributed by atoms with Gasteiger partial charge in [-0.2, -0.15) is 0 Å². The van der Waals surface area contributed by atoms with E-state index >= 15 is 0 Å². The number of hydrogen-bond acceptors (Lipinski definition) is 0. The van der Waals surface area contributed by atoms with Crippen molar-refractivity contribution in [1.82, 2.24) is 0 Å². The summed E-state index contributed by atoms with van der Waals surface area (Å²) in [6.45, 7) is 22.3. The van der Waals surface area contributed by atoms with Gasteiger partial charge in [0.2, 0.25) is 0 Å². The van der Waals surface area contributed by atoms with Gasteiger partial charge in [-0.3, -0.25) is 0 Å². The van der Waals surface area contributed by atoms with Crippen molar-refractivity contribution in [3.63, 3.8) is 0 Å². The molecule has 0 rings (SSSR count). The topological polar surface area (TPSA) is 0 Å². The van der Waals surface area contributed by atoms with E-state index in [9.17, 15) is 0 Å². The summed E-state index contributed by atoms with van der Waals surface area (Å²) in [7, 11) is 0. The molecule has 0 saturated carbocycles. The maximum Gasteiger partial charge on any atom is -0.00332 e. The monoisotopic (exact) mass is 732 g/mol. The zero-order valence-corrected chi connectivity index (χ0v) is 20.7. The van der Waals surface area contributed by atoms with Gasteiger partial charge in [0.1, 0.15) is 0 Å². The lowest BCUT2D eigenvalue weighted by Crippen LogP contribution is -1.33. The van der Waals surface area contributed by atoms with Crippen molar-refractivity contribution in [1.29, 1.82) is 0 Å². The average Bonchev–Trinajstić information content (AvgIpc) is 2.41. The van der Waals surface area contributed by atoms with Crippen molar-refractivity contribution in [3.8, 4) is 0 Å². The fourth-order valence-electron chi connectivity index (χ4n) is 0. The molecule has 0 aliphatic rings. The number of halogens is 3. The molecule has 0 aliphatic carbocycles. The second-order valence-corrected chi connectivity index (χ2v) is 5.38. The zero-order valence-electron chi connectivity index (χ0n) is 14.3. The first-order valence-corrected chi connectivity index (χ1v) is 11.5. The lowest BCUT2D eigenvalue weighted by Gasteiger charge is -1.45. The van der Waals surface area contributed by atoms with Crippen LogP contribution in [-0.2, 0) is 0 Å². The molecule has 0 spiro atoms. The molecule has 0 aromatic rings. The van der Waals surface area contributed by atoms with E-state index in [1.807, 2.05) is 55.4 Å². The molecule has 3 heteroatoms. The molecular formula is C23H75I3. The Morgan fingerprint density at radius 3 is 0.308 bits per heavy atom. The normalized spacial score (nSPS) is 3.00. The van der Waals surface area contributed by atoms with Crippen LogP contribution in [0.15, 0.2) is 0 Å². The third kappa shape index (κ3) is 3470. The summed E-state index contributed by atoms with van der Waals surface area (Å²) >= 11 is 6.86. The van der Waals surface area contributed by atoms with Gasteiger partial charge in [-0.1, -0.05) is 211 Å². The van der Waals surface area contributed by atoms with E-state index in [0.717, 1.165) is 0 Å². The van der Waals surface area contributed by atoms with E-state index in [4.69, 9.17) is 0 Å². The molecule has 0 amide bonds. The number of rotatable bonds is 0. The maximum atomic E-state index is 2.29. The number of hydrogen-bond donors (Lipinski definition) is 0. The Morgan fingerprint density at radius 1 is 0.308 bits per heavy atom. The second kappa shape index (κ2) is 692. The summed E-state index contributed by atoms with van der Waals surface area (Å²) in [4.78, 5) is 0. The van der Waals surface area contributed by atoms with E-state index in [2.05, 4.69) is 88.5 Å². The Labute approximate surface area is 222 Å². The molecule has 0 unspecified atom stereocenters. The summed E-state index contributed by atoms with van der Waals surface area (Å²) in [6, 6.07) is 0.